The van der Waals surface area contributed by atoms with Crippen molar-refractivity contribution in [1.29, 1.82) is 5.26 Å². The van der Waals surface area contributed by atoms with Gasteiger partial charge in [0.2, 0.25) is 0 Å². The van der Waals surface area contributed by atoms with Gasteiger partial charge in [0.15, 0.2) is 5.65 Å². The highest BCUT2D eigenvalue weighted by atomic mass is 15.2. The minimum atomic E-state index is 0.498. The van der Waals surface area contributed by atoms with E-state index in [1.54, 1.807) is 18.5 Å². The Balaban J connectivity index is 1.54. The molecule has 0 aromatic carbocycles. The van der Waals surface area contributed by atoms with Crippen molar-refractivity contribution in [2.75, 3.05) is 18.0 Å². The molecule has 3 aromatic heterocycles. The van der Waals surface area contributed by atoms with Crippen LogP contribution in [0.1, 0.15) is 24.2 Å². The first-order valence-electron chi connectivity index (χ1n) is 8.23. The van der Waals surface area contributed by atoms with Gasteiger partial charge in [0.25, 0.3) is 0 Å². The van der Waals surface area contributed by atoms with Crippen molar-refractivity contribution in [2.24, 2.45) is 5.92 Å². The SMILES string of the molecule is N#Cc1ccncc1N1CCCC(Cc2nnc3ccccn23)C1. The Bertz CT molecular complexity index is 894. The Morgan fingerprint density at radius 3 is 3.12 bits per heavy atom. The van der Waals surface area contributed by atoms with E-state index in [9.17, 15) is 5.26 Å². The van der Waals surface area contributed by atoms with Gasteiger partial charge in [-0.15, -0.1) is 10.2 Å². The van der Waals surface area contributed by atoms with Gasteiger partial charge < -0.3 is 4.90 Å². The summed E-state index contributed by atoms with van der Waals surface area (Å²) in [6.45, 7) is 1.89. The summed E-state index contributed by atoms with van der Waals surface area (Å²) >= 11 is 0. The predicted octanol–water partition coefficient (Wildman–Crippen LogP) is 2.46. The van der Waals surface area contributed by atoms with Crippen molar-refractivity contribution in [3.63, 3.8) is 0 Å². The Labute approximate surface area is 140 Å². The van der Waals surface area contributed by atoms with Crippen LogP contribution in [0.3, 0.4) is 0 Å². The number of piperidine rings is 1. The highest BCUT2D eigenvalue weighted by Gasteiger charge is 2.23. The number of anilines is 1. The monoisotopic (exact) mass is 318 g/mol. The highest BCUT2D eigenvalue weighted by molar-refractivity contribution is 5.57. The van der Waals surface area contributed by atoms with Crippen LogP contribution in [0, 0.1) is 17.2 Å². The van der Waals surface area contributed by atoms with Crippen molar-refractivity contribution in [2.45, 2.75) is 19.3 Å². The van der Waals surface area contributed by atoms with Crippen LogP contribution in [-0.4, -0.2) is 32.7 Å². The average Bonchev–Trinajstić information content (AvgIpc) is 3.05. The number of hydrogen-bond donors (Lipinski definition) is 0. The standard InChI is InChI=1S/C18H18N6/c19-11-15-6-7-20-12-16(15)23-8-3-4-14(13-23)10-18-22-21-17-5-1-2-9-24(17)18/h1-2,5-7,9,12,14H,3-4,8,10,13H2. The van der Waals surface area contributed by atoms with Crippen LogP contribution in [0.2, 0.25) is 0 Å². The van der Waals surface area contributed by atoms with Crippen LogP contribution in [-0.2, 0) is 6.42 Å². The van der Waals surface area contributed by atoms with E-state index in [1.807, 2.05) is 24.4 Å². The zero-order chi connectivity index (χ0) is 16.4. The van der Waals surface area contributed by atoms with E-state index in [1.165, 1.54) is 6.42 Å². The molecule has 1 aliphatic heterocycles. The second kappa shape index (κ2) is 6.28. The molecule has 0 bridgehead atoms. The molecule has 6 nitrogen and oxygen atoms in total. The van der Waals surface area contributed by atoms with Gasteiger partial charge >= 0.3 is 0 Å². The lowest BCUT2D eigenvalue weighted by Crippen LogP contribution is -2.37. The second-order valence-corrected chi connectivity index (χ2v) is 6.21. The minimum Gasteiger partial charge on any atom is -0.369 e. The molecule has 4 rings (SSSR count). The molecular weight excluding hydrogens is 300 g/mol. The van der Waals surface area contributed by atoms with Crippen LogP contribution in [0.25, 0.3) is 5.65 Å². The summed E-state index contributed by atoms with van der Waals surface area (Å²) in [5.74, 6) is 1.50. The van der Waals surface area contributed by atoms with Crippen LogP contribution < -0.4 is 4.90 Å². The van der Waals surface area contributed by atoms with Crippen LogP contribution >= 0.6 is 0 Å². The van der Waals surface area contributed by atoms with Gasteiger partial charge in [-0.2, -0.15) is 5.26 Å². The third kappa shape index (κ3) is 2.69. The molecule has 0 spiro atoms. The third-order valence-electron chi connectivity index (χ3n) is 4.64. The number of rotatable bonds is 3. The molecule has 0 saturated carbocycles. The van der Waals surface area contributed by atoms with Crippen molar-refractivity contribution in [3.8, 4) is 6.07 Å². The molecule has 4 heterocycles. The smallest absolute Gasteiger partial charge is 0.160 e. The zero-order valence-corrected chi connectivity index (χ0v) is 13.3. The van der Waals surface area contributed by atoms with Gasteiger partial charge in [-0.05, 0) is 37.0 Å². The van der Waals surface area contributed by atoms with E-state index in [0.29, 0.717) is 11.5 Å². The Kier molecular flexibility index (Phi) is 3.83. The first-order valence-corrected chi connectivity index (χ1v) is 8.23. The van der Waals surface area contributed by atoms with Gasteiger partial charge in [-0.1, -0.05) is 6.07 Å². The number of hydrogen-bond acceptors (Lipinski definition) is 5. The predicted molar refractivity (Wildman–Crippen MR) is 90.6 cm³/mol. The molecule has 3 aromatic rings. The van der Waals surface area contributed by atoms with Crippen molar-refractivity contribution in [1.82, 2.24) is 19.6 Å². The largest absolute Gasteiger partial charge is 0.369 e. The van der Waals surface area contributed by atoms with Gasteiger partial charge in [-0.3, -0.25) is 9.38 Å². The van der Waals surface area contributed by atoms with Crippen LogP contribution in [0.4, 0.5) is 5.69 Å². The first kappa shape index (κ1) is 14.6. The molecule has 120 valence electrons. The number of nitriles is 1. The maximum atomic E-state index is 9.31. The number of fused-ring (bicyclic) bond motifs is 1. The van der Waals surface area contributed by atoms with Crippen molar-refractivity contribution >= 4 is 11.3 Å². The normalized spacial score (nSPS) is 17.8. The molecule has 24 heavy (non-hydrogen) atoms. The highest BCUT2D eigenvalue weighted by Crippen LogP contribution is 2.27. The van der Waals surface area contributed by atoms with Gasteiger partial charge in [0, 0.05) is 31.9 Å². The molecule has 1 atom stereocenters. The summed E-state index contributed by atoms with van der Waals surface area (Å²) in [6.07, 6.45) is 8.66. The summed E-state index contributed by atoms with van der Waals surface area (Å²) in [4.78, 5) is 6.47. The molecule has 0 aliphatic carbocycles. The Morgan fingerprint density at radius 2 is 2.21 bits per heavy atom. The van der Waals surface area contributed by atoms with E-state index in [4.69, 9.17) is 0 Å². The van der Waals surface area contributed by atoms with Crippen molar-refractivity contribution in [3.05, 3.63) is 54.2 Å². The van der Waals surface area contributed by atoms with E-state index >= 15 is 0 Å². The lowest BCUT2D eigenvalue weighted by atomic mass is 9.94. The van der Waals surface area contributed by atoms with Crippen molar-refractivity contribution < 1.29 is 0 Å². The first-order chi connectivity index (χ1) is 11.8. The molecule has 1 aliphatic rings. The Hall–Kier alpha value is -2.94. The summed E-state index contributed by atoms with van der Waals surface area (Å²) in [5, 5.41) is 17.9. The number of pyridine rings is 2. The molecule has 1 fully saturated rings. The topological polar surface area (TPSA) is 70.1 Å². The van der Waals surface area contributed by atoms with Gasteiger partial charge in [0.05, 0.1) is 17.4 Å². The fraction of sp³-hybridized carbons (Fsp3) is 0.333. The molecule has 0 radical (unpaired) electrons. The summed E-state index contributed by atoms with van der Waals surface area (Å²) in [7, 11) is 0. The number of aromatic nitrogens is 4. The maximum absolute atomic E-state index is 9.31. The molecule has 1 saturated heterocycles. The fourth-order valence-corrected chi connectivity index (χ4v) is 3.47. The van der Waals surface area contributed by atoms with Gasteiger partial charge in [0.1, 0.15) is 11.9 Å². The van der Waals surface area contributed by atoms with E-state index in [0.717, 1.165) is 43.1 Å². The van der Waals surface area contributed by atoms with E-state index in [2.05, 4.69) is 30.6 Å². The quantitative estimate of drug-likeness (QED) is 0.742. The zero-order valence-electron chi connectivity index (χ0n) is 13.3. The maximum Gasteiger partial charge on any atom is 0.160 e. The minimum absolute atomic E-state index is 0.498. The summed E-state index contributed by atoms with van der Waals surface area (Å²) in [5.41, 5.74) is 2.52. The fourth-order valence-electron chi connectivity index (χ4n) is 3.47. The van der Waals surface area contributed by atoms with Crippen LogP contribution in [0.5, 0.6) is 0 Å². The average molecular weight is 318 g/mol. The Morgan fingerprint density at radius 1 is 1.25 bits per heavy atom. The number of nitrogens with zero attached hydrogens (tertiary/aromatic N) is 6. The molecule has 6 heteroatoms. The second-order valence-electron chi connectivity index (χ2n) is 6.21. The van der Waals surface area contributed by atoms with Crippen LogP contribution in [0.15, 0.2) is 42.9 Å². The van der Waals surface area contributed by atoms with E-state index in [-0.39, 0.29) is 0 Å². The third-order valence-corrected chi connectivity index (χ3v) is 4.64. The molecule has 1 unspecified atom stereocenters. The lowest BCUT2D eigenvalue weighted by Gasteiger charge is -2.34. The van der Waals surface area contributed by atoms with E-state index < -0.39 is 0 Å². The van der Waals surface area contributed by atoms with Gasteiger partial charge in [-0.25, -0.2) is 0 Å². The summed E-state index contributed by atoms with van der Waals surface area (Å²) in [6, 6.07) is 10.00. The molecule has 0 amide bonds. The molecular formula is C18H18N6. The lowest BCUT2D eigenvalue weighted by molar-refractivity contribution is 0.405. The summed E-state index contributed by atoms with van der Waals surface area (Å²) < 4.78 is 2.06. The molecule has 0 N–H and O–H groups in total.